The van der Waals surface area contributed by atoms with Gasteiger partial charge in [0.15, 0.2) is 0 Å². The van der Waals surface area contributed by atoms with E-state index in [-0.39, 0.29) is 12.3 Å². The number of allylic oxidation sites excluding steroid dienone is 1. The van der Waals surface area contributed by atoms with Crippen LogP contribution in [0.2, 0.25) is 0 Å². The minimum Gasteiger partial charge on any atom is -0.387 e. The van der Waals surface area contributed by atoms with Crippen LogP contribution in [0.15, 0.2) is 12.2 Å². The van der Waals surface area contributed by atoms with Crippen molar-refractivity contribution in [1.29, 1.82) is 0 Å². The zero-order valence-corrected chi connectivity index (χ0v) is 29.7. The fourth-order valence-corrected chi connectivity index (χ4v) is 6.69. The quantitative estimate of drug-likeness (QED) is 0.0324. The molecule has 1 amide bonds. The molecule has 9 atom stereocenters. The number of aliphatic hydroxyl groups excluding tert-OH is 6. The van der Waals surface area contributed by atoms with Crippen molar-refractivity contribution in [2.24, 2.45) is 0 Å². The van der Waals surface area contributed by atoms with E-state index in [0.29, 0.717) is 6.42 Å². The van der Waals surface area contributed by atoms with E-state index in [2.05, 4.69) is 19.2 Å². The lowest BCUT2D eigenvalue weighted by Crippen LogP contribution is -2.64. The Morgan fingerprint density at radius 2 is 1.13 bits per heavy atom. The fraction of sp³-hybridized carbons (Fsp3) is 0.912. The van der Waals surface area contributed by atoms with Crippen LogP contribution in [-0.2, 0) is 18.4 Å². The maximum Gasteiger partial charge on any atom is 0.472 e. The Balaban J connectivity index is 2.63. The molecular weight excluding hydrogens is 629 g/mol. The summed E-state index contributed by atoms with van der Waals surface area (Å²) in [6.45, 7) is 3.73. The van der Waals surface area contributed by atoms with Gasteiger partial charge in [0.25, 0.3) is 0 Å². The summed E-state index contributed by atoms with van der Waals surface area (Å²) in [5.74, 6) is -0.350. The summed E-state index contributed by atoms with van der Waals surface area (Å²) in [5, 5.41) is 63.4. The number of carbonyl (C=O) groups excluding carboxylic acids is 1. The number of phosphoric ester groups is 1. The van der Waals surface area contributed by atoms with Crippen molar-refractivity contribution in [3.8, 4) is 0 Å². The van der Waals surface area contributed by atoms with Gasteiger partial charge >= 0.3 is 7.82 Å². The van der Waals surface area contributed by atoms with Gasteiger partial charge in [-0.05, 0) is 19.3 Å². The van der Waals surface area contributed by atoms with Crippen LogP contribution in [0.4, 0.5) is 0 Å². The zero-order valence-electron chi connectivity index (χ0n) is 28.8. The minimum absolute atomic E-state index is 0.214. The molecular formula is C34H66NO11P. The molecule has 0 aliphatic heterocycles. The average Bonchev–Trinajstić information content (AvgIpc) is 3.04. The van der Waals surface area contributed by atoms with E-state index < -0.39 is 63.2 Å². The zero-order chi connectivity index (χ0) is 35.1. The van der Waals surface area contributed by atoms with Crippen LogP contribution in [0.3, 0.4) is 0 Å². The van der Waals surface area contributed by atoms with Crippen LogP contribution >= 0.6 is 7.82 Å². The minimum atomic E-state index is -5.06. The molecule has 1 fully saturated rings. The molecule has 0 spiro atoms. The Morgan fingerprint density at radius 3 is 1.62 bits per heavy atom. The number of carbonyl (C=O) groups is 1. The lowest BCUT2D eigenvalue weighted by Gasteiger charge is -2.41. The lowest BCUT2D eigenvalue weighted by atomic mass is 9.85. The van der Waals surface area contributed by atoms with Gasteiger partial charge in [0.2, 0.25) is 5.91 Å². The van der Waals surface area contributed by atoms with Crippen molar-refractivity contribution in [3.63, 3.8) is 0 Å². The molecule has 0 heterocycles. The fourth-order valence-electron chi connectivity index (χ4n) is 5.72. The largest absolute Gasteiger partial charge is 0.472 e. The van der Waals surface area contributed by atoms with Gasteiger partial charge < -0.3 is 40.8 Å². The summed E-state index contributed by atoms with van der Waals surface area (Å²) in [6.07, 6.45) is 11.9. The number of unbranched alkanes of at least 4 members (excludes halogenated alkanes) is 17. The van der Waals surface area contributed by atoms with E-state index in [0.717, 1.165) is 57.8 Å². The SMILES string of the molecule is CCCCCCCCCCCCC/C=C/[C@@H](O)[C@H](COP(=O)(O)OC1C(O)C(O)C(O)[C@@H](O)C1O)NC(=O)CCCCCCCCC. The Labute approximate surface area is 282 Å². The molecule has 6 unspecified atom stereocenters. The molecule has 12 nitrogen and oxygen atoms in total. The molecule has 0 radical (unpaired) electrons. The first kappa shape index (κ1) is 44.1. The van der Waals surface area contributed by atoms with Gasteiger partial charge in [0.05, 0.1) is 18.8 Å². The topological polar surface area (TPSA) is 206 Å². The average molecular weight is 696 g/mol. The van der Waals surface area contributed by atoms with Gasteiger partial charge in [-0.25, -0.2) is 4.57 Å². The molecule has 0 aromatic heterocycles. The molecule has 278 valence electrons. The number of nitrogens with one attached hydrogen (secondary N) is 1. The van der Waals surface area contributed by atoms with E-state index in [1.54, 1.807) is 0 Å². The normalized spacial score (nSPS) is 25.9. The van der Waals surface area contributed by atoms with Gasteiger partial charge in [-0.1, -0.05) is 129 Å². The van der Waals surface area contributed by atoms with Crippen molar-refractivity contribution >= 4 is 13.7 Å². The van der Waals surface area contributed by atoms with E-state index in [4.69, 9.17) is 9.05 Å². The third-order valence-electron chi connectivity index (χ3n) is 8.82. The highest BCUT2D eigenvalue weighted by atomic mass is 31.2. The van der Waals surface area contributed by atoms with Crippen LogP contribution in [-0.4, -0.2) is 96.8 Å². The lowest BCUT2D eigenvalue weighted by molar-refractivity contribution is -0.220. The van der Waals surface area contributed by atoms with Crippen molar-refractivity contribution in [3.05, 3.63) is 12.2 Å². The second kappa shape index (κ2) is 26.0. The Kier molecular flexibility index (Phi) is 24.4. The van der Waals surface area contributed by atoms with Gasteiger partial charge in [-0.3, -0.25) is 13.8 Å². The summed E-state index contributed by atoms with van der Waals surface area (Å²) < 4.78 is 22.7. The number of aliphatic hydroxyl groups is 6. The van der Waals surface area contributed by atoms with Gasteiger partial charge in [-0.2, -0.15) is 0 Å². The maximum absolute atomic E-state index is 12.7. The van der Waals surface area contributed by atoms with Crippen molar-refractivity contribution in [2.75, 3.05) is 6.61 Å². The van der Waals surface area contributed by atoms with Crippen LogP contribution in [0.5, 0.6) is 0 Å². The third kappa shape index (κ3) is 19.2. The van der Waals surface area contributed by atoms with Gasteiger partial charge in [0, 0.05) is 6.42 Å². The van der Waals surface area contributed by atoms with Crippen LogP contribution < -0.4 is 5.32 Å². The van der Waals surface area contributed by atoms with E-state index >= 15 is 0 Å². The summed E-state index contributed by atoms with van der Waals surface area (Å²) in [7, 11) is -5.06. The predicted octanol–water partition coefficient (Wildman–Crippen LogP) is 4.55. The number of rotatable bonds is 28. The number of phosphoric acid groups is 1. The van der Waals surface area contributed by atoms with Gasteiger partial charge in [0.1, 0.15) is 36.6 Å². The monoisotopic (exact) mass is 695 g/mol. The molecule has 0 saturated heterocycles. The molecule has 1 aliphatic carbocycles. The molecule has 1 rings (SSSR count). The summed E-state index contributed by atoms with van der Waals surface area (Å²) in [6, 6.07) is -1.11. The van der Waals surface area contributed by atoms with Crippen molar-refractivity contribution in [2.45, 2.75) is 191 Å². The Hall–Kier alpha value is -0.920. The molecule has 1 aliphatic rings. The van der Waals surface area contributed by atoms with Crippen molar-refractivity contribution in [1.82, 2.24) is 5.32 Å². The van der Waals surface area contributed by atoms with Gasteiger partial charge in [-0.15, -0.1) is 0 Å². The maximum atomic E-state index is 12.7. The molecule has 1 saturated carbocycles. The van der Waals surface area contributed by atoms with E-state index in [1.807, 2.05) is 6.08 Å². The molecule has 8 N–H and O–H groups in total. The molecule has 0 aromatic rings. The Morgan fingerprint density at radius 1 is 0.702 bits per heavy atom. The third-order valence-corrected chi connectivity index (χ3v) is 9.80. The molecule has 47 heavy (non-hydrogen) atoms. The standard InChI is InChI=1S/C34H66NO11P/c1-3-5-7-9-11-12-13-14-15-16-18-19-21-23-27(36)26(35-28(37)24-22-20-17-10-8-6-4-2)25-45-47(43,44)46-34-32(41)30(39)29(38)31(40)33(34)42/h21,23,26-27,29-34,36,38-42H,3-20,22,24-25H2,1-2H3,(H,35,37)(H,43,44)/b23-21+/t26-,27+,29?,30+,31?,32?,33?,34?/m0/s1. The highest BCUT2D eigenvalue weighted by molar-refractivity contribution is 7.47. The molecule has 0 aromatic carbocycles. The molecule has 0 bridgehead atoms. The summed E-state index contributed by atoms with van der Waals surface area (Å²) in [4.78, 5) is 23.0. The first-order valence-corrected chi connectivity index (χ1v) is 19.6. The smallest absolute Gasteiger partial charge is 0.387 e. The van der Waals surface area contributed by atoms with E-state index in [9.17, 15) is 44.9 Å². The predicted molar refractivity (Wildman–Crippen MR) is 181 cm³/mol. The number of hydrogen-bond acceptors (Lipinski definition) is 10. The first-order valence-electron chi connectivity index (χ1n) is 18.1. The number of hydrogen-bond donors (Lipinski definition) is 8. The first-order chi connectivity index (χ1) is 22.4. The summed E-state index contributed by atoms with van der Waals surface area (Å²) in [5.41, 5.74) is 0. The van der Waals surface area contributed by atoms with Crippen LogP contribution in [0.25, 0.3) is 0 Å². The number of amides is 1. The highest BCUT2D eigenvalue weighted by Gasteiger charge is 2.51. The van der Waals surface area contributed by atoms with Crippen molar-refractivity contribution < 1.29 is 53.9 Å². The molecule has 13 heteroatoms. The van der Waals surface area contributed by atoms with Crippen LogP contribution in [0.1, 0.15) is 142 Å². The second-order valence-electron chi connectivity index (χ2n) is 13.1. The summed E-state index contributed by atoms with van der Waals surface area (Å²) >= 11 is 0. The van der Waals surface area contributed by atoms with Crippen LogP contribution in [0, 0.1) is 0 Å². The second-order valence-corrected chi connectivity index (χ2v) is 14.5. The Bertz CT molecular complexity index is 863. The van der Waals surface area contributed by atoms with E-state index in [1.165, 1.54) is 63.9 Å². The highest BCUT2D eigenvalue weighted by Crippen LogP contribution is 2.47.